The Hall–Kier alpha value is -1.32. The molecule has 0 unspecified atom stereocenters. The van der Waals surface area contributed by atoms with Gasteiger partial charge >= 0.3 is 6.18 Å². The van der Waals surface area contributed by atoms with Crippen LogP contribution in [0.4, 0.5) is 13.2 Å². The number of hydrogen-bond acceptors (Lipinski definition) is 3. The van der Waals surface area contributed by atoms with E-state index in [4.69, 9.17) is 11.6 Å². The highest BCUT2D eigenvalue weighted by Crippen LogP contribution is 2.23. The molecule has 0 fully saturated rings. The van der Waals surface area contributed by atoms with Gasteiger partial charge in [-0.25, -0.2) is 8.42 Å². The average molecular weight is 373 g/mol. The predicted molar refractivity (Wildman–Crippen MR) is 79.9 cm³/mol. The number of nitrogens with zero attached hydrogens (tertiary/aromatic N) is 1. The molecule has 1 aromatic rings. The lowest BCUT2D eigenvalue weighted by Gasteiger charge is -2.21. The summed E-state index contributed by atoms with van der Waals surface area (Å²) in [6.07, 6.45) is -4.58. The van der Waals surface area contributed by atoms with Crippen molar-refractivity contribution in [3.63, 3.8) is 0 Å². The van der Waals surface area contributed by atoms with Gasteiger partial charge in [0.25, 0.3) is 5.91 Å². The molecule has 0 aliphatic rings. The van der Waals surface area contributed by atoms with Gasteiger partial charge in [0.1, 0.15) is 6.54 Å². The van der Waals surface area contributed by atoms with Gasteiger partial charge in [-0.15, -0.1) is 0 Å². The van der Waals surface area contributed by atoms with Crippen molar-refractivity contribution in [1.82, 2.24) is 9.62 Å². The van der Waals surface area contributed by atoms with Gasteiger partial charge in [0.05, 0.1) is 15.5 Å². The van der Waals surface area contributed by atoms with Crippen LogP contribution in [0.3, 0.4) is 0 Å². The number of nitrogens with one attached hydrogen (secondary N) is 1. The maximum atomic E-state index is 12.3. The van der Waals surface area contributed by atoms with Crippen LogP contribution in [-0.4, -0.2) is 44.4 Å². The fraction of sp³-hybridized carbons (Fsp3) is 0.462. The van der Waals surface area contributed by atoms with E-state index >= 15 is 0 Å². The van der Waals surface area contributed by atoms with Gasteiger partial charge in [-0.05, 0) is 32.0 Å². The normalized spacial score (nSPS) is 12.7. The predicted octanol–water partition coefficient (Wildman–Crippen LogP) is 2.66. The Labute approximate surface area is 137 Å². The van der Waals surface area contributed by atoms with E-state index in [0.29, 0.717) is 0 Å². The molecular formula is C13H16ClF3N2O3S. The van der Waals surface area contributed by atoms with Crippen molar-refractivity contribution in [1.29, 1.82) is 0 Å². The fourth-order valence-electron chi connectivity index (χ4n) is 1.56. The van der Waals surface area contributed by atoms with E-state index in [9.17, 15) is 26.4 Å². The number of sulfonamides is 1. The van der Waals surface area contributed by atoms with Gasteiger partial charge in [0.2, 0.25) is 10.0 Å². The van der Waals surface area contributed by atoms with Crippen LogP contribution in [0.1, 0.15) is 24.2 Å². The average Bonchev–Trinajstić information content (AvgIpc) is 2.43. The fourth-order valence-corrected chi connectivity index (χ4v) is 3.16. The number of amides is 1. The number of halogens is 4. The highest BCUT2D eigenvalue weighted by Gasteiger charge is 2.29. The van der Waals surface area contributed by atoms with Gasteiger partial charge in [0.15, 0.2) is 0 Å². The molecule has 0 saturated heterocycles. The Morgan fingerprint density at radius 2 is 1.91 bits per heavy atom. The van der Waals surface area contributed by atoms with Crippen molar-refractivity contribution in [2.24, 2.45) is 0 Å². The highest BCUT2D eigenvalue weighted by molar-refractivity contribution is 7.89. The molecule has 1 N–H and O–H groups in total. The minimum absolute atomic E-state index is 0.143. The minimum Gasteiger partial charge on any atom is -0.343 e. The second kappa shape index (κ2) is 7.06. The molecule has 130 valence electrons. The van der Waals surface area contributed by atoms with Gasteiger partial charge < -0.3 is 5.32 Å². The number of rotatable bonds is 5. The van der Waals surface area contributed by atoms with Crippen LogP contribution >= 0.6 is 11.6 Å². The summed E-state index contributed by atoms with van der Waals surface area (Å²) in [6.45, 7) is 1.78. The molecule has 1 aromatic carbocycles. The van der Waals surface area contributed by atoms with Gasteiger partial charge in [-0.3, -0.25) is 4.79 Å². The smallest absolute Gasteiger partial charge is 0.343 e. The molecule has 0 spiro atoms. The maximum Gasteiger partial charge on any atom is 0.405 e. The largest absolute Gasteiger partial charge is 0.405 e. The summed E-state index contributed by atoms with van der Waals surface area (Å²) in [5.41, 5.74) is -0.339. The summed E-state index contributed by atoms with van der Waals surface area (Å²) < 4.78 is 62.2. The van der Waals surface area contributed by atoms with Crippen LogP contribution < -0.4 is 5.32 Å². The number of carbonyl (C=O) groups excluding carboxylic acids is 1. The molecule has 5 nitrogen and oxygen atoms in total. The summed E-state index contributed by atoms with van der Waals surface area (Å²) in [6, 6.07) is 2.97. The first-order chi connectivity index (χ1) is 10.4. The van der Waals surface area contributed by atoms with Crippen LogP contribution in [0.25, 0.3) is 0 Å². The van der Waals surface area contributed by atoms with Gasteiger partial charge in [-0.2, -0.15) is 17.5 Å². The second-order valence-electron chi connectivity index (χ2n) is 5.05. The van der Waals surface area contributed by atoms with Gasteiger partial charge in [-0.1, -0.05) is 11.6 Å². The Balaban J connectivity index is 3.16. The standard InChI is InChI=1S/C13H16ClF3N2O3S/c1-8(2)19(3)23(21,22)9-4-5-11(14)10(6-9)12(20)18-7-13(15,16)17/h4-6,8H,7H2,1-3H3,(H,18,20). The third kappa shape index (κ3) is 5.08. The van der Waals surface area contributed by atoms with Crippen molar-refractivity contribution < 1.29 is 26.4 Å². The van der Waals surface area contributed by atoms with Gasteiger partial charge in [0, 0.05) is 13.1 Å². The zero-order chi connectivity index (χ0) is 18.0. The number of hydrogen-bond donors (Lipinski definition) is 1. The lowest BCUT2D eigenvalue weighted by Crippen LogP contribution is -2.35. The van der Waals surface area contributed by atoms with Crippen molar-refractivity contribution in [2.75, 3.05) is 13.6 Å². The third-order valence-corrected chi connectivity index (χ3v) is 5.40. The second-order valence-corrected chi connectivity index (χ2v) is 7.46. The van der Waals surface area contributed by atoms with E-state index < -0.39 is 28.7 Å². The Morgan fingerprint density at radius 3 is 2.39 bits per heavy atom. The van der Waals surface area contributed by atoms with E-state index in [-0.39, 0.29) is 21.5 Å². The molecule has 10 heteroatoms. The molecule has 0 saturated carbocycles. The zero-order valence-electron chi connectivity index (χ0n) is 12.6. The molecule has 23 heavy (non-hydrogen) atoms. The molecule has 0 radical (unpaired) electrons. The first kappa shape index (κ1) is 19.7. The first-order valence-electron chi connectivity index (χ1n) is 6.49. The molecule has 1 amide bonds. The van der Waals surface area contributed by atoms with Crippen LogP contribution in [0.5, 0.6) is 0 Å². The summed E-state index contributed by atoms with van der Waals surface area (Å²) in [4.78, 5) is 11.6. The van der Waals surface area contributed by atoms with E-state index in [0.717, 1.165) is 16.4 Å². The molecule has 0 heterocycles. The quantitative estimate of drug-likeness (QED) is 0.864. The molecular weight excluding hydrogens is 357 g/mol. The Bertz CT molecular complexity index is 690. The van der Waals surface area contributed by atoms with Crippen molar-refractivity contribution in [2.45, 2.75) is 31.0 Å². The SMILES string of the molecule is CC(C)N(C)S(=O)(=O)c1ccc(Cl)c(C(=O)NCC(F)(F)F)c1. The Kier molecular flexibility index (Phi) is 6.06. The molecule has 0 aliphatic heterocycles. The van der Waals surface area contributed by atoms with Crippen LogP contribution in [0.15, 0.2) is 23.1 Å². The van der Waals surface area contributed by atoms with Crippen LogP contribution in [0, 0.1) is 0 Å². The van der Waals surface area contributed by atoms with Crippen LogP contribution in [-0.2, 0) is 10.0 Å². The van der Waals surface area contributed by atoms with E-state index in [1.54, 1.807) is 19.2 Å². The monoisotopic (exact) mass is 372 g/mol. The number of benzene rings is 1. The third-order valence-electron chi connectivity index (χ3n) is 3.04. The van der Waals surface area contributed by atoms with E-state index in [1.807, 2.05) is 0 Å². The summed E-state index contributed by atoms with van der Waals surface area (Å²) in [5, 5.41) is 1.51. The lowest BCUT2D eigenvalue weighted by atomic mass is 10.2. The summed E-state index contributed by atoms with van der Waals surface area (Å²) in [5.74, 6) is -1.10. The lowest BCUT2D eigenvalue weighted by molar-refractivity contribution is -0.123. The Morgan fingerprint density at radius 1 is 1.35 bits per heavy atom. The molecule has 0 aliphatic carbocycles. The van der Waals surface area contributed by atoms with Crippen LogP contribution in [0.2, 0.25) is 5.02 Å². The van der Waals surface area contributed by atoms with E-state index in [1.165, 1.54) is 13.1 Å². The zero-order valence-corrected chi connectivity index (χ0v) is 14.2. The van der Waals surface area contributed by atoms with Crippen molar-refractivity contribution in [3.05, 3.63) is 28.8 Å². The highest BCUT2D eigenvalue weighted by atomic mass is 35.5. The molecule has 0 atom stereocenters. The van der Waals surface area contributed by atoms with Crippen molar-refractivity contribution in [3.8, 4) is 0 Å². The molecule has 0 aromatic heterocycles. The number of carbonyl (C=O) groups is 1. The molecule has 0 bridgehead atoms. The van der Waals surface area contributed by atoms with E-state index in [2.05, 4.69) is 0 Å². The minimum atomic E-state index is -4.58. The topological polar surface area (TPSA) is 66.5 Å². The summed E-state index contributed by atoms with van der Waals surface area (Å²) >= 11 is 5.78. The number of alkyl halides is 3. The maximum absolute atomic E-state index is 12.3. The molecule has 1 rings (SSSR count). The summed E-state index contributed by atoms with van der Waals surface area (Å²) in [7, 11) is -2.52. The van der Waals surface area contributed by atoms with Crippen molar-refractivity contribution >= 4 is 27.5 Å². The first-order valence-corrected chi connectivity index (χ1v) is 8.30.